The largest absolute Gasteiger partial charge is 0.481 e. The van der Waals surface area contributed by atoms with Crippen molar-refractivity contribution in [2.45, 2.75) is 25.3 Å². The molecule has 0 aromatic heterocycles. The fourth-order valence-corrected chi connectivity index (χ4v) is 2.62. The van der Waals surface area contributed by atoms with E-state index in [1.807, 2.05) is 0 Å². The maximum absolute atomic E-state index is 11.1. The number of carboxylic acids is 1. The molecule has 1 fully saturated rings. The normalized spacial score (nSPS) is 15.8. The molecule has 1 atom stereocenters. The molecule has 0 saturated heterocycles. The number of carboxylic acid groups (broad SMARTS) is 1. The van der Waals surface area contributed by atoms with E-state index in [0.717, 1.165) is 18.5 Å². The summed E-state index contributed by atoms with van der Waals surface area (Å²) in [5, 5.41) is 12.1. The number of hydrogen-bond donors (Lipinski definition) is 3. The summed E-state index contributed by atoms with van der Waals surface area (Å²) in [7, 11) is 0. The van der Waals surface area contributed by atoms with Crippen LogP contribution in [0.3, 0.4) is 0 Å². The van der Waals surface area contributed by atoms with E-state index in [4.69, 9.17) is 10.8 Å². The van der Waals surface area contributed by atoms with Gasteiger partial charge in [0.15, 0.2) is 0 Å². The Balaban J connectivity index is 2.11. The number of nitrogens with one attached hydrogen (secondary N) is 1. The van der Waals surface area contributed by atoms with Crippen molar-refractivity contribution in [3.05, 3.63) is 28.2 Å². The second kappa shape index (κ2) is 5.61. The molecular formula is C13H15BrN2O3. The van der Waals surface area contributed by atoms with E-state index in [0.29, 0.717) is 16.0 Å². The highest BCUT2D eigenvalue weighted by atomic mass is 79.9. The van der Waals surface area contributed by atoms with Crippen molar-refractivity contribution in [3.63, 3.8) is 0 Å². The van der Waals surface area contributed by atoms with E-state index in [2.05, 4.69) is 21.2 Å². The Hall–Kier alpha value is -1.56. The number of aliphatic carboxylic acids is 1. The minimum atomic E-state index is -0.808. The highest BCUT2D eigenvalue weighted by Crippen LogP contribution is 2.36. The Morgan fingerprint density at radius 3 is 2.63 bits per heavy atom. The number of primary amides is 1. The van der Waals surface area contributed by atoms with E-state index in [9.17, 15) is 9.59 Å². The number of amides is 1. The molecule has 6 heteroatoms. The van der Waals surface area contributed by atoms with Gasteiger partial charge in [0, 0.05) is 16.2 Å². The van der Waals surface area contributed by atoms with Crippen molar-refractivity contribution in [1.82, 2.24) is 0 Å². The number of hydrogen-bond acceptors (Lipinski definition) is 3. The fraction of sp³-hybridized carbons (Fsp3) is 0.385. The van der Waals surface area contributed by atoms with Crippen LogP contribution in [0.15, 0.2) is 22.7 Å². The average Bonchev–Trinajstić information content (AvgIpc) is 3.10. The predicted molar refractivity (Wildman–Crippen MR) is 75.0 cm³/mol. The van der Waals surface area contributed by atoms with Crippen molar-refractivity contribution >= 4 is 33.5 Å². The van der Waals surface area contributed by atoms with Crippen molar-refractivity contribution in [2.24, 2.45) is 11.7 Å². The van der Waals surface area contributed by atoms with Crippen LogP contribution in [0.25, 0.3) is 0 Å². The molecule has 1 unspecified atom stereocenters. The van der Waals surface area contributed by atoms with Crippen LogP contribution in [0.4, 0.5) is 5.69 Å². The molecular weight excluding hydrogens is 312 g/mol. The molecule has 2 rings (SSSR count). The average molecular weight is 327 g/mol. The quantitative estimate of drug-likeness (QED) is 0.747. The van der Waals surface area contributed by atoms with Crippen LogP contribution < -0.4 is 11.1 Å². The third-order valence-electron chi connectivity index (χ3n) is 3.17. The molecule has 5 nitrogen and oxygen atoms in total. The lowest BCUT2D eigenvalue weighted by molar-refractivity contribution is -0.137. The molecule has 0 aliphatic heterocycles. The topological polar surface area (TPSA) is 92.4 Å². The minimum Gasteiger partial charge on any atom is -0.481 e. The number of halogens is 1. The van der Waals surface area contributed by atoms with Gasteiger partial charge in [0.05, 0.1) is 12.0 Å². The molecule has 0 heterocycles. The van der Waals surface area contributed by atoms with Crippen molar-refractivity contribution in [2.75, 3.05) is 5.32 Å². The number of carbonyl (C=O) groups excluding carboxylic acids is 1. The lowest BCUT2D eigenvalue weighted by Crippen LogP contribution is -2.25. The monoisotopic (exact) mass is 326 g/mol. The van der Waals surface area contributed by atoms with Crippen molar-refractivity contribution in [3.8, 4) is 0 Å². The number of anilines is 1. The van der Waals surface area contributed by atoms with E-state index in [1.165, 1.54) is 0 Å². The number of rotatable bonds is 6. The zero-order valence-corrected chi connectivity index (χ0v) is 11.8. The van der Waals surface area contributed by atoms with Gasteiger partial charge in [0.1, 0.15) is 0 Å². The number of nitrogens with two attached hydrogens (primary N) is 1. The maximum Gasteiger partial charge on any atom is 0.305 e. The predicted octanol–water partition coefficient (Wildman–Crippen LogP) is 2.21. The highest BCUT2D eigenvalue weighted by molar-refractivity contribution is 9.10. The van der Waals surface area contributed by atoms with Gasteiger partial charge in [-0.15, -0.1) is 0 Å². The minimum absolute atomic E-state index is 0.0659. The van der Waals surface area contributed by atoms with Crippen LogP contribution in [0.2, 0.25) is 0 Å². The Morgan fingerprint density at radius 2 is 2.16 bits per heavy atom. The van der Waals surface area contributed by atoms with E-state index >= 15 is 0 Å². The summed E-state index contributed by atoms with van der Waals surface area (Å²) in [4.78, 5) is 21.9. The first-order chi connectivity index (χ1) is 8.97. The van der Waals surface area contributed by atoms with Crippen LogP contribution >= 0.6 is 15.9 Å². The fourth-order valence-electron chi connectivity index (χ4n) is 2.04. The number of benzene rings is 1. The first-order valence-corrected chi connectivity index (χ1v) is 6.84. The molecule has 1 aromatic rings. The van der Waals surface area contributed by atoms with Gasteiger partial charge in [-0.1, -0.05) is 0 Å². The Morgan fingerprint density at radius 1 is 1.47 bits per heavy atom. The van der Waals surface area contributed by atoms with Gasteiger partial charge in [-0.3, -0.25) is 9.59 Å². The zero-order chi connectivity index (χ0) is 14.0. The van der Waals surface area contributed by atoms with E-state index in [-0.39, 0.29) is 12.5 Å². The standard InChI is InChI=1S/C13H15BrN2O3/c14-10-5-8(3-4-9(10)13(15)19)16-11(6-12(17)18)7-1-2-7/h3-5,7,11,16H,1-2,6H2,(H2,15,19)(H,17,18). The van der Waals surface area contributed by atoms with Gasteiger partial charge >= 0.3 is 5.97 Å². The molecule has 1 saturated carbocycles. The first-order valence-electron chi connectivity index (χ1n) is 6.05. The summed E-state index contributed by atoms with van der Waals surface area (Å²) in [5.41, 5.74) is 6.42. The number of carbonyl (C=O) groups is 2. The van der Waals surface area contributed by atoms with Gasteiger partial charge < -0.3 is 16.2 Å². The molecule has 1 amide bonds. The third kappa shape index (κ3) is 3.70. The van der Waals surface area contributed by atoms with Gasteiger partial charge in [-0.05, 0) is 52.9 Å². The molecule has 102 valence electrons. The van der Waals surface area contributed by atoms with Crippen molar-refractivity contribution < 1.29 is 14.7 Å². The summed E-state index contributed by atoms with van der Waals surface area (Å²) in [5.74, 6) is -0.884. The summed E-state index contributed by atoms with van der Waals surface area (Å²) >= 11 is 3.28. The summed E-state index contributed by atoms with van der Waals surface area (Å²) in [6.45, 7) is 0. The summed E-state index contributed by atoms with van der Waals surface area (Å²) in [6, 6.07) is 5.04. The van der Waals surface area contributed by atoms with Crippen LogP contribution in [0.5, 0.6) is 0 Å². The second-order valence-corrected chi connectivity index (χ2v) is 5.60. The molecule has 1 aromatic carbocycles. The molecule has 0 spiro atoms. The Kier molecular flexibility index (Phi) is 4.09. The molecule has 0 bridgehead atoms. The van der Waals surface area contributed by atoms with E-state index in [1.54, 1.807) is 18.2 Å². The zero-order valence-electron chi connectivity index (χ0n) is 10.2. The molecule has 4 N–H and O–H groups in total. The van der Waals surface area contributed by atoms with Crippen LogP contribution in [0.1, 0.15) is 29.6 Å². The molecule has 1 aliphatic carbocycles. The van der Waals surface area contributed by atoms with Gasteiger partial charge in [0.2, 0.25) is 5.91 Å². The van der Waals surface area contributed by atoms with Crippen LogP contribution in [-0.4, -0.2) is 23.0 Å². The molecule has 1 aliphatic rings. The van der Waals surface area contributed by atoms with Gasteiger partial charge in [-0.25, -0.2) is 0 Å². The second-order valence-electron chi connectivity index (χ2n) is 4.74. The highest BCUT2D eigenvalue weighted by Gasteiger charge is 2.32. The summed E-state index contributed by atoms with van der Waals surface area (Å²) in [6.07, 6.45) is 2.22. The Bertz CT molecular complexity index is 515. The third-order valence-corrected chi connectivity index (χ3v) is 3.83. The van der Waals surface area contributed by atoms with Crippen LogP contribution in [-0.2, 0) is 4.79 Å². The van der Waals surface area contributed by atoms with Crippen molar-refractivity contribution in [1.29, 1.82) is 0 Å². The lowest BCUT2D eigenvalue weighted by Gasteiger charge is -2.18. The lowest BCUT2D eigenvalue weighted by atomic mass is 10.1. The van der Waals surface area contributed by atoms with Crippen LogP contribution in [0, 0.1) is 5.92 Å². The van der Waals surface area contributed by atoms with E-state index < -0.39 is 11.9 Å². The van der Waals surface area contributed by atoms with Gasteiger partial charge in [-0.2, -0.15) is 0 Å². The molecule has 0 radical (unpaired) electrons. The smallest absolute Gasteiger partial charge is 0.305 e. The van der Waals surface area contributed by atoms with Gasteiger partial charge in [0.25, 0.3) is 0 Å². The maximum atomic E-state index is 11.1. The SMILES string of the molecule is NC(=O)c1ccc(NC(CC(=O)O)C2CC2)cc1Br. The molecule has 19 heavy (non-hydrogen) atoms. The Labute approximate surface area is 119 Å². The summed E-state index contributed by atoms with van der Waals surface area (Å²) < 4.78 is 0.606. The first kappa shape index (κ1) is 13.9.